The zero-order chi connectivity index (χ0) is 10.8. The first-order valence-corrected chi connectivity index (χ1v) is 6.18. The molecule has 1 aromatic rings. The van der Waals surface area contributed by atoms with Gasteiger partial charge in [-0.25, -0.2) is 9.88 Å². The van der Waals surface area contributed by atoms with E-state index in [0.717, 1.165) is 9.37 Å². The number of amides is 2. The summed E-state index contributed by atoms with van der Waals surface area (Å²) in [6, 6.07) is 3.40. The zero-order valence-corrected chi connectivity index (χ0v) is 10.0. The number of thioether (sulfide) groups is 1. The first-order valence-electron chi connectivity index (χ1n) is 4.23. The molecule has 0 aliphatic carbocycles. The Labute approximate surface area is 99.2 Å². The molecular formula is C9H7BrN2O2S. The Hall–Kier alpha value is -0.880. The molecular weight excluding hydrogens is 280 g/mol. The Morgan fingerprint density at radius 1 is 1.27 bits per heavy atom. The van der Waals surface area contributed by atoms with Gasteiger partial charge in [-0.15, -0.1) is 11.8 Å². The predicted octanol–water partition coefficient (Wildman–Crippen LogP) is 1.45. The van der Waals surface area contributed by atoms with E-state index in [1.807, 2.05) is 0 Å². The van der Waals surface area contributed by atoms with Crippen molar-refractivity contribution in [2.75, 3.05) is 16.4 Å². The molecule has 6 heteroatoms. The number of anilines is 1. The number of pyridine rings is 1. The lowest BCUT2D eigenvalue weighted by atomic mass is 10.4. The Kier molecular flexibility index (Phi) is 3.06. The van der Waals surface area contributed by atoms with Gasteiger partial charge in [-0.05, 0) is 28.1 Å². The van der Waals surface area contributed by atoms with Gasteiger partial charge in [0.1, 0.15) is 5.82 Å². The zero-order valence-electron chi connectivity index (χ0n) is 7.64. The molecule has 4 nitrogen and oxygen atoms in total. The first kappa shape index (κ1) is 10.6. The molecule has 0 atom stereocenters. The van der Waals surface area contributed by atoms with Crippen molar-refractivity contribution in [1.82, 2.24) is 4.98 Å². The summed E-state index contributed by atoms with van der Waals surface area (Å²) < 4.78 is 0.817. The van der Waals surface area contributed by atoms with Crippen LogP contribution in [0.1, 0.15) is 0 Å². The van der Waals surface area contributed by atoms with Crippen LogP contribution in [0.5, 0.6) is 0 Å². The largest absolute Gasteiger partial charge is 0.273 e. The number of nitrogens with zero attached hydrogens (tertiary/aromatic N) is 2. The highest BCUT2D eigenvalue weighted by atomic mass is 79.9. The summed E-state index contributed by atoms with van der Waals surface area (Å²) in [6.45, 7) is 0. The van der Waals surface area contributed by atoms with E-state index in [1.165, 1.54) is 11.8 Å². The monoisotopic (exact) mass is 286 g/mol. The van der Waals surface area contributed by atoms with Gasteiger partial charge in [-0.3, -0.25) is 9.59 Å². The van der Waals surface area contributed by atoms with Gasteiger partial charge >= 0.3 is 0 Å². The number of hydrogen-bond donors (Lipinski definition) is 0. The molecule has 15 heavy (non-hydrogen) atoms. The van der Waals surface area contributed by atoms with Crippen molar-refractivity contribution in [3.8, 4) is 0 Å². The molecule has 0 saturated carbocycles. The van der Waals surface area contributed by atoms with Crippen LogP contribution >= 0.6 is 27.7 Å². The average Bonchev–Trinajstić information content (AvgIpc) is 2.20. The average molecular weight is 287 g/mol. The number of rotatable bonds is 1. The lowest BCUT2D eigenvalue weighted by molar-refractivity contribution is -0.124. The standard InChI is InChI=1S/C9H7BrN2O2S/c10-6-1-2-7(11-3-6)12-8(13)4-15-5-9(12)14/h1-3H,4-5H2. The molecule has 0 bridgehead atoms. The molecule has 1 aliphatic rings. The number of imide groups is 1. The van der Waals surface area contributed by atoms with E-state index in [2.05, 4.69) is 20.9 Å². The minimum atomic E-state index is -0.203. The van der Waals surface area contributed by atoms with Crippen LogP contribution in [0.25, 0.3) is 0 Å². The van der Waals surface area contributed by atoms with Crippen molar-refractivity contribution >= 4 is 45.3 Å². The van der Waals surface area contributed by atoms with Crippen LogP contribution in [0.2, 0.25) is 0 Å². The first-order chi connectivity index (χ1) is 7.18. The van der Waals surface area contributed by atoms with Crippen LogP contribution in [0.4, 0.5) is 5.82 Å². The van der Waals surface area contributed by atoms with Gasteiger partial charge in [-0.1, -0.05) is 0 Å². The van der Waals surface area contributed by atoms with Gasteiger partial charge in [0.2, 0.25) is 11.8 Å². The van der Waals surface area contributed by atoms with Crippen LogP contribution in [0.3, 0.4) is 0 Å². The lowest BCUT2D eigenvalue weighted by Gasteiger charge is -2.23. The van der Waals surface area contributed by atoms with Gasteiger partial charge in [0.05, 0.1) is 11.5 Å². The predicted molar refractivity (Wildman–Crippen MR) is 61.8 cm³/mol. The maximum Gasteiger partial charge on any atom is 0.245 e. The summed E-state index contributed by atoms with van der Waals surface area (Å²) in [5.74, 6) is 0.665. The molecule has 1 aliphatic heterocycles. The Morgan fingerprint density at radius 3 is 2.47 bits per heavy atom. The molecule has 0 radical (unpaired) electrons. The highest BCUT2D eigenvalue weighted by Gasteiger charge is 2.28. The molecule has 1 aromatic heterocycles. The fourth-order valence-electron chi connectivity index (χ4n) is 1.25. The second-order valence-electron chi connectivity index (χ2n) is 2.95. The highest BCUT2D eigenvalue weighted by molar-refractivity contribution is 9.10. The lowest BCUT2D eigenvalue weighted by Crippen LogP contribution is -2.43. The number of hydrogen-bond acceptors (Lipinski definition) is 4. The quantitative estimate of drug-likeness (QED) is 0.734. The summed E-state index contributed by atoms with van der Waals surface area (Å²) in [5, 5.41) is 0. The second-order valence-corrected chi connectivity index (χ2v) is 4.85. The third-order valence-corrected chi connectivity index (χ3v) is 3.26. The Balaban J connectivity index is 2.31. The van der Waals surface area contributed by atoms with Crippen LogP contribution < -0.4 is 4.90 Å². The number of halogens is 1. The van der Waals surface area contributed by atoms with Crippen LogP contribution in [0, 0.1) is 0 Å². The van der Waals surface area contributed by atoms with E-state index in [4.69, 9.17) is 0 Å². The van der Waals surface area contributed by atoms with E-state index < -0.39 is 0 Å². The third-order valence-electron chi connectivity index (χ3n) is 1.89. The summed E-state index contributed by atoms with van der Waals surface area (Å²) in [7, 11) is 0. The summed E-state index contributed by atoms with van der Waals surface area (Å²) in [4.78, 5) is 28.2. The fourth-order valence-corrected chi connectivity index (χ4v) is 2.19. The van der Waals surface area contributed by atoms with E-state index in [9.17, 15) is 9.59 Å². The molecule has 0 N–H and O–H groups in total. The summed E-state index contributed by atoms with van der Waals surface area (Å²) in [6.07, 6.45) is 1.57. The Morgan fingerprint density at radius 2 is 1.93 bits per heavy atom. The topological polar surface area (TPSA) is 50.3 Å². The van der Waals surface area contributed by atoms with Crippen LogP contribution in [-0.4, -0.2) is 28.3 Å². The summed E-state index contributed by atoms with van der Waals surface area (Å²) >= 11 is 4.58. The highest BCUT2D eigenvalue weighted by Crippen LogP contribution is 2.20. The maximum atomic E-state index is 11.5. The van der Waals surface area contributed by atoms with Crippen LogP contribution in [-0.2, 0) is 9.59 Å². The molecule has 78 valence electrons. The van der Waals surface area contributed by atoms with Gasteiger partial charge in [0.25, 0.3) is 0 Å². The van der Waals surface area contributed by atoms with Crippen molar-refractivity contribution in [3.63, 3.8) is 0 Å². The Bertz CT molecular complexity index is 391. The van der Waals surface area contributed by atoms with Crippen molar-refractivity contribution in [3.05, 3.63) is 22.8 Å². The van der Waals surface area contributed by atoms with Crippen molar-refractivity contribution in [1.29, 1.82) is 0 Å². The molecule has 2 amide bonds. The normalized spacial score (nSPS) is 17.0. The van der Waals surface area contributed by atoms with E-state index in [1.54, 1.807) is 18.3 Å². The molecule has 0 spiro atoms. The van der Waals surface area contributed by atoms with E-state index in [-0.39, 0.29) is 11.8 Å². The third kappa shape index (κ3) is 2.21. The second kappa shape index (κ2) is 4.32. The minimum absolute atomic E-state index is 0.203. The van der Waals surface area contributed by atoms with Gasteiger partial charge in [-0.2, -0.15) is 0 Å². The minimum Gasteiger partial charge on any atom is -0.273 e. The number of aromatic nitrogens is 1. The SMILES string of the molecule is O=C1CSCC(=O)N1c1ccc(Br)cn1. The fraction of sp³-hybridized carbons (Fsp3) is 0.222. The van der Waals surface area contributed by atoms with E-state index >= 15 is 0 Å². The maximum absolute atomic E-state index is 11.5. The molecule has 0 aromatic carbocycles. The van der Waals surface area contributed by atoms with Gasteiger partial charge < -0.3 is 0 Å². The van der Waals surface area contributed by atoms with E-state index in [0.29, 0.717) is 17.3 Å². The van der Waals surface area contributed by atoms with Crippen molar-refractivity contribution in [2.24, 2.45) is 0 Å². The molecule has 2 rings (SSSR count). The molecule has 0 unspecified atom stereocenters. The number of carbonyl (C=O) groups excluding carboxylic acids is 2. The molecule has 1 saturated heterocycles. The summed E-state index contributed by atoms with van der Waals surface area (Å²) in [5.41, 5.74) is 0. The van der Waals surface area contributed by atoms with Crippen molar-refractivity contribution < 1.29 is 9.59 Å². The molecule has 1 fully saturated rings. The number of carbonyl (C=O) groups is 2. The smallest absolute Gasteiger partial charge is 0.245 e. The molecule has 2 heterocycles. The van der Waals surface area contributed by atoms with Crippen molar-refractivity contribution in [2.45, 2.75) is 0 Å². The van der Waals surface area contributed by atoms with Gasteiger partial charge in [0.15, 0.2) is 0 Å². The van der Waals surface area contributed by atoms with Crippen LogP contribution in [0.15, 0.2) is 22.8 Å². The van der Waals surface area contributed by atoms with Gasteiger partial charge in [0, 0.05) is 10.7 Å².